The molecule has 0 atom stereocenters. The van der Waals surface area contributed by atoms with Crippen molar-refractivity contribution in [2.24, 2.45) is 0 Å². The SMILES string of the molecule is C[Si](C)OCc1cc(C(C)(C)C)ccc1-c1ccsc1-c1nnn(C(c2ccccc2)(c2ccccc2)c2ccccc2)n1. The fourth-order valence-electron chi connectivity index (χ4n) is 5.69. The second-order valence-corrected chi connectivity index (χ2v) is 15.2. The lowest BCUT2D eigenvalue weighted by molar-refractivity contribution is 0.315. The van der Waals surface area contributed by atoms with Crippen LogP contribution in [0.25, 0.3) is 21.8 Å². The summed E-state index contributed by atoms with van der Waals surface area (Å²) in [6.45, 7) is 11.7. The second kappa shape index (κ2) is 12.4. The highest BCUT2D eigenvalue weighted by molar-refractivity contribution is 7.14. The van der Waals surface area contributed by atoms with Gasteiger partial charge in [-0.1, -0.05) is 130 Å². The Morgan fingerprint density at radius 1 is 0.705 bits per heavy atom. The van der Waals surface area contributed by atoms with E-state index < -0.39 is 14.6 Å². The smallest absolute Gasteiger partial charge is 0.215 e. The molecule has 221 valence electrons. The van der Waals surface area contributed by atoms with Gasteiger partial charge in [0.25, 0.3) is 0 Å². The summed E-state index contributed by atoms with van der Waals surface area (Å²) >= 11 is 1.64. The second-order valence-electron chi connectivity index (χ2n) is 12.2. The van der Waals surface area contributed by atoms with Crippen molar-refractivity contribution in [1.82, 2.24) is 20.2 Å². The van der Waals surface area contributed by atoms with Gasteiger partial charge in [-0.3, -0.25) is 0 Å². The van der Waals surface area contributed by atoms with Crippen LogP contribution in [0.5, 0.6) is 0 Å². The van der Waals surface area contributed by atoms with E-state index in [1.54, 1.807) is 16.1 Å². The predicted octanol–water partition coefficient (Wildman–Crippen LogP) is 8.97. The molecule has 44 heavy (non-hydrogen) atoms. The Balaban J connectivity index is 1.52. The van der Waals surface area contributed by atoms with Crippen LogP contribution in [0.1, 0.15) is 48.6 Å². The Bertz CT molecular complexity index is 1730. The molecule has 0 N–H and O–H groups in total. The van der Waals surface area contributed by atoms with Gasteiger partial charge in [-0.15, -0.1) is 26.3 Å². The first kappa shape index (κ1) is 29.9. The average Bonchev–Trinajstić information content (AvgIpc) is 3.72. The van der Waals surface area contributed by atoms with Gasteiger partial charge in [0.1, 0.15) is 0 Å². The molecule has 2 aromatic heterocycles. The minimum atomic E-state index is -0.853. The molecule has 0 amide bonds. The normalized spacial score (nSPS) is 12.1. The molecule has 7 heteroatoms. The molecule has 0 aliphatic rings. The van der Waals surface area contributed by atoms with Crippen LogP contribution in [0.2, 0.25) is 13.1 Å². The average molecular weight is 614 g/mol. The van der Waals surface area contributed by atoms with Gasteiger partial charge in [0, 0.05) is 5.56 Å². The van der Waals surface area contributed by atoms with Crippen LogP contribution in [-0.4, -0.2) is 29.2 Å². The van der Waals surface area contributed by atoms with E-state index in [-0.39, 0.29) is 5.41 Å². The first-order valence-corrected chi connectivity index (χ1v) is 18.2. The van der Waals surface area contributed by atoms with E-state index in [0.29, 0.717) is 12.4 Å². The van der Waals surface area contributed by atoms with Gasteiger partial charge in [0.2, 0.25) is 14.9 Å². The van der Waals surface area contributed by atoms with Crippen LogP contribution in [0, 0.1) is 0 Å². The minimum Gasteiger partial charge on any atom is -0.413 e. The summed E-state index contributed by atoms with van der Waals surface area (Å²) in [5.74, 6) is 0.602. The zero-order valence-corrected chi connectivity index (χ0v) is 27.7. The summed E-state index contributed by atoms with van der Waals surface area (Å²) in [7, 11) is -0.853. The summed E-state index contributed by atoms with van der Waals surface area (Å²) in [5.41, 5.74) is 7.11. The van der Waals surface area contributed by atoms with Crippen molar-refractivity contribution in [3.05, 3.63) is 148 Å². The summed E-state index contributed by atoms with van der Waals surface area (Å²) in [6, 6.07) is 40.3. The fraction of sp³-hybridized carbons (Fsp3) is 0.216. The molecule has 5 nitrogen and oxygen atoms in total. The zero-order chi connectivity index (χ0) is 30.7. The number of tetrazole rings is 1. The van der Waals surface area contributed by atoms with Gasteiger partial charge < -0.3 is 4.43 Å². The molecule has 6 rings (SSSR count). The largest absolute Gasteiger partial charge is 0.413 e. The number of rotatable bonds is 9. The van der Waals surface area contributed by atoms with E-state index in [9.17, 15) is 0 Å². The molecular weight excluding hydrogens is 577 g/mol. The third-order valence-corrected chi connectivity index (χ3v) is 9.57. The molecule has 0 saturated carbocycles. The first-order valence-electron chi connectivity index (χ1n) is 14.9. The van der Waals surface area contributed by atoms with E-state index in [1.807, 2.05) is 18.2 Å². The van der Waals surface area contributed by atoms with Crippen LogP contribution in [0.15, 0.2) is 121 Å². The van der Waals surface area contributed by atoms with Crippen LogP contribution >= 0.6 is 11.3 Å². The van der Waals surface area contributed by atoms with Crippen molar-refractivity contribution in [2.45, 2.75) is 51.4 Å². The zero-order valence-electron chi connectivity index (χ0n) is 25.9. The molecule has 6 aromatic rings. The number of thiophene rings is 1. The van der Waals surface area contributed by atoms with Gasteiger partial charge in [-0.2, -0.15) is 0 Å². The topological polar surface area (TPSA) is 52.8 Å². The van der Waals surface area contributed by atoms with Crippen LogP contribution in [0.4, 0.5) is 0 Å². The number of hydrogen-bond acceptors (Lipinski definition) is 5. The van der Waals surface area contributed by atoms with Crippen molar-refractivity contribution in [1.29, 1.82) is 0 Å². The number of hydrogen-bond donors (Lipinski definition) is 0. The summed E-state index contributed by atoms with van der Waals surface area (Å²) in [4.78, 5) is 2.78. The lowest BCUT2D eigenvalue weighted by Gasteiger charge is -2.34. The molecule has 1 radical (unpaired) electrons. The Morgan fingerprint density at radius 3 is 1.80 bits per heavy atom. The molecule has 0 saturated heterocycles. The highest BCUT2D eigenvalue weighted by Gasteiger charge is 2.41. The lowest BCUT2D eigenvalue weighted by atomic mass is 9.77. The number of aromatic nitrogens is 4. The highest BCUT2D eigenvalue weighted by Crippen LogP contribution is 2.42. The van der Waals surface area contributed by atoms with Crippen LogP contribution < -0.4 is 0 Å². The maximum Gasteiger partial charge on any atom is 0.215 e. The Kier molecular flexibility index (Phi) is 8.45. The Morgan fingerprint density at radius 2 is 1.27 bits per heavy atom. The van der Waals surface area contributed by atoms with E-state index in [0.717, 1.165) is 32.7 Å². The third kappa shape index (κ3) is 5.71. The predicted molar refractivity (Wildman–Crippen MR) is 182 cm³/mol. The highest BCUT2D eigenvalue weighted by atomic mass is 32.1. The third-order valence-electron chi connectivity index (χ3n) is 7.93. The summed E-state index contributed by atoms with van der Waals surface area (Å²) in [5, 5.41) is 16.8. The maximum atomic E-state index is 6.23. The van der Waals surface area contributed by atoms with Gasteiger partial charge in [-0.05, 0) is 68.5 Å². The standard InChI is InChI=1S/C37H37N4OSSi/c1-36(2,3)31-21-22-32(27(25-31)26-42-44(4)5)33-23-24-43-34(33)35-38-40-41(39-35)37(28-15-9-6-10-16-28,29-17-11-7-12-18-29)30-19-13-8-14-20-30/h6-25H,26H2,1-5H3. The van der Waals surface area contributed by atoms with Crippen molar-refractivity contribution < 1.29 is 4.43 Å². The first-order chi connectivity index (χ1) is 21.3. The summed E-state index contributed by atoms with van der Waals surface area (Å²) < 4.78 is 6.23. The Labute approximate surface area is 265 Å². The molecule has 0 bridgehead atoms. The maximum absolute atomic E-state index is 6.23. The fourth-order valence-corrected chi connectivity index (χ4v) is 6.97. The molecule has 0 unspecified atom stereocenters. The number of benzene rings is 4. The molecule has 0 spiro atoms. The van der Waals surface area contributed by atoms with Crippen molar-refractivity contribution in [3.63, 3.8) is 0 Å². The van der Waals surface area contributed by atoms with Gasteiger partial charge >= 0.3 is 0 Å². The van der Waals surface area contributed by atoms with Gasteiger partial charge in [0.15, 0.2) is 5.54 Å². The van der Waals surface area contributed by atoms with E-state index in [1.165, 1.54) is 11.1 Å². The molecule has 0 aliphatic carbocycles. The molecule has 2 heterocycles. The van der Waals surface area contributed by atoms with Gasteiger partial charge in [-0.25, -0.2) is 0 Å². The van der Waals surface area contributed by atoms with Crippen LogP contribution in [-0.2, 0) is 22.0 Å². The minimum absolute atomic E-state index is 0.0386. The van der Waals surface area contributed by atoms with Crippen molar-refractivity contribution >= 4 is 20.4 Å². The summed E-state index contributed by atoms with van der Waals surface area (Å²) in [6.07, 6.45) is 0. The van der Waals surface area contributed by atoms with Gasteiger partial charge in [0.05, 0.1) is 11.5 Å². The molecular formula is C37H37N4OSSi. The van der Waals surface area contributed by atoms with E-state index in [2.05, 4.69) is 136 Å². The Hall–Kier alpha value is -4.17. The molecule has 0 aliphatic heterocycles. The monoisotopic (exact) mass is 613 g/mol. The molecule has 0 fully saturated rings. The van der Waals surface area contributed by atoms with Crippen molar-refractivity contribution in [2.75, 3.05) is 0 Å². The molecule has 4 aromatic carbocycles. The lowest BCUT2D eigenvalue weighted by Crippen LogP contribution is -2.39. The van der Waals surface area contributed by atoms with Crippen LogP contribution in [0.3, 0.4) is 0 Å². The quantitative estimate of drug-likeness (QED) is 0.121. The van der Waals surface area contributed by atoms with E-state index >= 15 is 0 Å². The van der Waals surface area contributed by atoms with Crippen molar-refractivity contribution in [3.8, 4) is 21.8 Å². The number of nitrogens with zero attached hydrogens (tertiary/aromatic N) is 4. The van der Waals surface area contributed by atoms with E-state index in [4.69, 9.17) is 19.8 Å².